The number of benzene rings is 1. The van der Waals surface area contributed by atoms with E-state index >= 15 is 0 Å². The van der Waals surface area contributed by atoms with Crippen molar-refractivity contribution in [1.82, 2.24) is 10.2 Å². The monoisotopic (exact) mass is 274 g/mol. The molecule has 110 valence electrons. The van der Waals surface area contributed by atoms with E-state index in [2.05, 4.69) is 38.2 Å². The summed E-state index contributed by atoms with van der Waals surface area (Å²) < 4.78 is 0. The van der Waals surface area contributed by atoms with Gasteiger partial charge in [-0.2, -0.15) is 0 Å². The summed E-state index contributed by atoms with van der Waals surface area (Å²) in [6, 6.07) is 10.5. The smallest absolute Gasteiger partial charge is 0.244 e. The van der Waals surface area contributed by atoms with Crippen molar-refractivity contribution in [1.29, 1.82) is 0 Å². The molecule has 0 aliphatic carbocycles. The first-order valence-corrected chi connectivity index (χ1v) is 7.69. The Kier molecular flexibility index (Phi) is 4.48. The van der Waals surface area contributed by atoms with E-state index in [0.29, 0.717) is 0 Å². The van der Waals surface area contributed by atoms with Crippen molar-refractivity contribution in [2.75, 3.05) is 0 Å². The summed E-state index contributed by atoms with van der Waals surface area (Å²) in [5, 5.41) is 3.55. The molecule has 1 amide bonds. The fourth-order valence-electron chi connectivity index (χ4n) is 2.98. The van der Waals surface area contributed by atoms with Gasteiger partial charge in [0, 0.05) is 6.04 Å². The summed E-state index contributed by atoms with van der Waals surface area (Å²) >= 11 is 0. The third-order valence-corrected chi connectivity index (χ3v) is 4.44. The molecule has 3 nitrogen and oxygen atoms in total. The SMILES string of the molecule is CCCC(C)N1C(=O)C(C)(CC)NC1c1ccccc1. The molecule has 1 aromatic carbocycles. The van der Waals surface area contributed by atoms with Crippen molar-refractivity contribution >= 4 is 5.91 Å². The Morgan fingerprint density at radius 3 is 2.50 bits per heavy atom. The topological polar surface area (TPSA) is 32.3 Å². The molecule has 1 aromatic rings. The second-order valence-corrected chi connectivity index (χ2v) is 5.99. The minimum Gasteiger partial charge on any atom is -0.319 e. The lowest BCUT2D eigenvalue weighted by atomic mass is 9.99. The number of nitrogens with one attached hydrogen (secondary N) is 1. The molecule has 1 fully saturated rings. The highest BCUT2D eigenvalue weighted by molar-refractivity contribution is 5.88. The summed E-state index contributed by atoms with van der Waals surface area (Å²) in [6.07, 6.45) is 2.94. The summed E-state index contributed by atoms with van der Waals surface area (Å²) in [6.45, 7) is 8.41. The lowest BCUT2D eigenvalue weighted by molar-refractivity contribution is -0.135. The summed E-state index contributed by atoms with van der Waals surface area (Å²) in [5.41, 5.74) is 0.726. The molecule has 3 unspecified atom stereocenters. The highest BCUT2D eigenvalue weighted by atomic mass is 16.2. The van der Waals surface area contributed by atoms with Gasteiger partial charge in [-0.3, -0.25) is 10.1 Å². The van der Waals surface area contributed by atoms with E-state index in [0.717, 1.165) is 19.3 Å². The number of nitrogens with zero attached hydrogens (tertiary/aromatic N) is 1. The van der Waals surface area contributed by atoms with Crippen LogP contribution in [0.3, 0.4) is 0 Å². The van der Waals surface area contributed by atoms with Gasteiger partial charge >= 0.3 is 0 Å². The first kappa shape index (κ1) is 15.0. The molecule has 0 aromatic heterocycles. The molecule has 0 spiro atoms. The normalized spacial score (nSPS) is 27.9. The number of carbonyl (C=O) groups excluding carboxylic acids is 1. The Morgan fingerprint density at radius 1 is 1.30 bits per heavy atom. The number of carbonyl (C=O) groups is 1. The van der Waals surface area contributed by atoms with Crippen molar-refractivity contribution < 1.29 is 4.79 Å². The average molecular weight is 274 g/mol. The highest BCUT2D eigenvalue weighted by Crippen LogP contribution is 2.34. The molecule has 1 aliphatic heterocycles. The fraction of sp³-hybridized carbons (Fsp3) is 0.588. The third-order valence-electron chi connectivity index (χ3n) is 4.44. The van der Waals surface area contributed by atoms with E-state index in [-0.39, 0.29) is 18.1 Å². The molecule has 3 heteroatoms. The predicted molar refractivity (Wildman–Crippen MR) is 82.2 cm³/mol. The van der Waals surface area contributed by atoms with Crippen molar-refractivity contribution in [2.24, 2.45) is 0 Å². The second kappa shape index (κ2) is 5.96. The van der Waals surface area contributed by atoms with Gasteiger partial charge in [-0.15, -0.1) is 0 Å². The standard InChI is InChI=1S/C17H26N2O/c1-5-10-13(3)19-15(14-11-8-7-9-12-14)18-17(4,6-2)16(19)20/h7-9,11-13,15,18H,5-6,10H2,1-4H3. The predicted octanol–water partition coefficient (Wildman–Crippen LogP) is 3.47. The molecular formula is C17H26N2O. The molecule has 2 rings (SSSR count). The Labute approximate surface area is 122 Å². The summed E-state index contributed by atoms with van der Waals surface area (Å²) in [5.74, 6) is 0.231. The average Bonchev–Trinajstić information content (AvgIpc) is 2.73. The maximum absolute atomic E-state index is 12.8. The van der Waals surface area contributed by atoms with Gasteiger partial charge in [-0.1, -0.05) is 50.6 Å². The molecule has 1 aliphatic rings. The van der Waals surface area contributed by atoms with E-state index in [4.69, 9.17) is 0 Å². The summed E-state index contributed by atoms with van der Waals surface area (Å²) in [7, 11) is 0. The maximum atomic E-state index is 12.8. The minimum absolute atomic E-state index is 0.00444. The van der Waals surface area contributed by atoms with Crippen LogP contribution in [0.1, 0.15) is 58.7 Å². The van der Waals surface area contributed by atoms with E-state index in [9.17, 15) is 4.79 Å². The lowest BCUT2D eigenvalue weighted by Gasteiger charge is -2.30. The maximum Gasteiger partial charge on any atom is 0.244 e. The van der Waals surface area contributed by atoms with Crippen LogP contribution in [0.4, 0.5) is 0 Å². The van der Waals surface area contributed by atoms with Crippen LogP contribution < -0.4 is 5.32 Å². The van der Waals surface area contributed by atoms with Crippen molar-refractivity contribution in [3.8, 4) is 0 Å². The number of amides is 1. The molecule has 0 radical (unpaired) electrons. The zero-order chi connectivity index (χ0) is 14.8. The zero-order valence-electron chi connectivity index (χ0n) is 13.0. The summed E-state index contributed by atoms with van der Waals surface area (Å²) in [4.78, 5) is 14.9. The lowest BCUT2D eigenvalue weighted by Crippen LogP contribution is -2.44. The Hall–Kier alpha value is -1.35. The van der Waals surface area contributed by atoms with Gasteiger partial charge in [0.1, 0.15) is 6.17 Å². The van der Waals surface area contributed by atoms with E-state index in [1.54, 1.807) is 0 Å². The number of hydrogen-bond donors (Lipinski definition) is 1. The van der Waals surface area contributed by atoms with Crippen LogP contribution in [0.5, 0.6) is 0 Å². The van der Waals surface area contributed by atoms with Crippen LogP contribution in [0, 0.1) is 0 Å². The van der Waals surface area contributed by atoms with Crippen molar-refractivity contribution in [3.05, 3.63) is 35.9 Å². The number of hydrogen-bond acceptors (Lipinski definition) is 2. The van der Waals surface area contributed by atoms with Gasteiger partial charge < -0.3 is 4.90 Å². The largest absolute Gasteiger partial charge is 0.319 e. The molecule has 20 heavy (non-hydrogen) atoms. The Bertz CT molecular complexity index is 459. The fourth-order valence-corrected chi connectivity index (χ4v) is 2.98. The van der Waals surface area contributed by atoms with Gasteiger partial charge in [-0.05, 0) is 32.3 Å². The molecule has 3 atom stereocenters. The quantitative estimate of drug-likeness (QED) is 0.891. The van der Waals surface area contributed by atoms with Gasteiger partial charge in [0.2, 0.25) is 5.91 Å². The molecule has 1 N–H and O–H groups in total. The van der Waals surface area contributed by atoms with Crippen molar-refractivity contribution in [2.45, 2.75) is 64.7 Å². The third kappa shape index (κ3) is 2.59. The molecule has 0 saturated carbocycles. The Morgan fingerprint density at radius 2 is 1.95 bits per heavy atom. The van der Waals surface area contributed by atoms with Gasteiger partial charge in [0.15, 0.2) is 0 Å². The second-order valence-electron chi connectivity index (χ2n) is 5.99. The van der Waals surface area contributed by atoms with Crippen LogP contribution in [0.25, 0.3) is 0 Å². The Balaban J connectivity index is 2.35. The van der Waals surface area contributed by atoms with Crippen LogP contribution >= 0.6 is 0 Å². The first-order chi connectivity index (χ1) is 9.53. The minimum atomic E-state index is -0.442. The van der Waals surface area contributed by atoms with Crippen LogP contribution in [0.15, 0.2) is 30.3 Å². The van der Waals surface area contributed by atoms with Crippen LogP contribution in [-0.2, 0) is 4.79 Å². The molecule has 1 heterocycles. The number of rotatable bonds is 5. The molecule has 1 saturated heterocycles. The van der Waals surface area contributed by atoms with Crippen molar-refractivity contribution in [3.63, 3.8) is 0 Å². The van der Waals surface area contributed by atoms with Crippen LogP contribution in [0.2, 0.25) is 0 Å². The van der Waals surface area contributed by atoms with Gasteiger partial charge in [0.25, 0.3) is 0 Å². The van der Waals surface area contributed by atoms with Gasteiger partial charge in [0.05, 0.1) is 5.54 Å². The molecular weight excluding hydrogens is 248 g/mol. The van der Waals surface area contributed by atoms with E-state index < -0.39 is 5.54 Å². The van der Waals surface area contributed by atoms with Gasteiger partial charge in [-0.25, -0.2) is 0 Å². The van der Waals surface area contributed by atoms with Crippen LogP contribution in [-0.4, -0.2) is 22.4 Å². The zero-order valence-corrected chi connectivity index (χ0v) is 13.0. The first-order valence-electron chi connectivity index (χ1n) is 7.69. The van der Waals surface area contributed by atoms with E-state index in [1.807, 2.05) is 30.0 Å². The van der Waals surface area contributed by atoms with E-state index in [1.165, 1.54) is 5.56 Å². The highest BCUT2D eigenvalue weighted by Gasteiger charge is 2.48. The molecule has 0 bridgehead atoms.